The highest BCUT2D eigenvalue weighted by Crippen LogP contribution is 2.31. The standard InChI is InChI=1S/C18H29NO/c1-3-12-19-18-10-9-15(2)14-16(18)11-13-20-17-7-5-4-6-8-17/h4-8,15-16,18-19H,3,9-14H2,1-2H3. The first-order valence-corrected chi connectivity index (χ1v) is 8.20. The van der Waals surface area contributed by atoms with E-state index in [-0.39, 0.29) is 0 Å². The zero-order chi connectivity index (χ0) is 14.2. The fourth-order valence-corrected chi connectivity index (χ4v) is 3.26. The van der Waals surface area contributed by atoms with E-state index >= 15 is 0 Å². The fraction of sp³-hybridized carbons (Fsp3) is 0.667. The van der Waals surface area contributed by atoms with E-state index < -0.39 is 0 Å². The second kappa shape index (κ2) is 8.31. The van der Waals surface area contributed by atoms with Crippen LogP contribution in [0, 0.1) is 11.8 Å². The lowest BCUT2D eigenvalue weighted by Crippen LogP contribution is -2.41. The largest absolute Gasteiger partial charge is 0.494 e. The highest BCUT2D eigenvalue weighted by Gasteiger charge is 2.27. The Morgan fingerprint density at radius 3 is 2.75 bits per heavy atom. The van der Waals surface area contributed by atoms with E-state index in [1.54, 1.807) is 0 Å². The van der Waals surface area contributed by atoms with Crippen LogP contribution in [0.4, 0.5) is 0 Å². The average Bonchev–Trinajstić information content (AvgIpc) is 2.47. The van der Waals surface area contributed by atoms with Crippen molar-refractivity contribution in [2.75, 3.05) is 13.2 Å². The Hall–Kier alpha value is -1.02. The molecule has 2 rings (SSSR count). The molecule has 0 spiro atoms. The molecule has 1 aliphatic carbocycles. The normalized spacial score (nSPS) is 26.4. The van der Waals surface area contributed by atoms with E-state index in [9.17, 15) is 0 Å². The third-order valence-electron chi connectivity index (χ3n) is 4.40. The van der Waals surface area contributed by atoms with Gasteiger partial charge in [-0.25, -0.2) is 0 Å². The molecule has 3 unspecified atom stereocenters. The van der Waals surface area contributed by atoms with Crippen LogP contribution in [0.3, 0.4) is 0 Å². The molecule has 1 aromatic carbocycles. The Bertz CT molecular complexity index is 363. The maximum atomic E-state index is 5.87. The van der Waals surface area contributed by atoms with Crippen molar-refractivity contribution in [2.45, 2.75) is 52.0 Å². The first-order valence-electron chi connectivity index (χ1n) is 8.20. The molecule has 2 nitrogen and oxygen atoms in total. The van der Waals surface area contributed by atoms with Crippen LogP contribution in [0.2, 0.25) is 0 Å². The lowest BCUT2D eigenvalue weighted by Gasteiger charge is -2.35. The molecule has 1 aromatic rings. The molecule has 1 saturated carbocycles. The van der Waals surface area contributed by atoms with Gasteiger partial charge in [0.15, 0.2) is 0 Å². The van der Waals surface area contributed by atoms with Crippen molar-refractivity contribution in [2.24, 2.45) is 11.8 Å². The number of hydrogen-bond acceptors (Lipinski definition) is 2. The van der Waals surface area contributed by atoms with Crippen molar-refractivity contribution in [1.29, 1.82) is 0 Å². The smallest absolute Gasteiger partial charge is 0.119 e. The molecule has 1 N–H and O–H groups in total. The zero-order valence-corrected chi connectivity index (χ0v) is 13.0. The molecule has 0 radical (unpaired) electrons. The molecule has 20 heavy (non-hydrogen) atoms. The molecule has 0 bridgehead atoms. The molecule has 3 atom stereocenters. The number of ether oxygens (including phenoxy) is 1. The Labute approximate surface area is 123 Å². The quantitative estimate of drug-likeness (QED) is 0.803. The molecule has 0 aliphatic heterocycles. The second-order valence-electron chi connectivity index (χ2n) is 6.19. The summed E-state index contributed by atoms with van der Waals surface area (Å²) in [5, 5.41) is 3.74. The van der Waals surface area contributed by atoms with E-state index in [1.165, 1.54) is 32.1 Å². The highest BCUT2D eigenvalue weighted by molar-refractivity contribution is 5.20. The predicted octanol–water partition coefficient (Wildman–Crippen LogP) is 4.26. The van der Waals surface area contributed by atoms with Crippen molar-refractivity contribution >= 4 is 0 Å². The van der Waals surface area contributed by atoms with Crippen LogP contribution in [0.1, 0.15) is 46.0 Å². The summed E-state index contributed by atoms with van der Waals surface area (Å²) in [4.78, 5) is 0. The SMILES string of the molecule is CCCNC1CCC(C)CC1CCOc1ccccc1. The van der Waals surface area contributed by atoms with Gasteiger partial charge >= 0.3 is 0 Å². The summed E-state index contributed by atoms with van der Waals surface area (Å²) >= 11 is 0. The van der Waals surface area contributed by atoms with Crippen molar-refractivity contribution in [3.63, 3.8) is 0 Å². The molecule has 112 valence electrons. The van der Waals surface area contributed by atoms with Gasteiger partial charge in [0, 0.05) is 6.04 Å². The molecule has 0 amide bonds. The summed E-state index contributed by atoms with van der Waals surface area (Å²) in [6, 6.07) is 10.9. The molecular formula is C18H29NO. The summed E-state index contributed by atoms with van der Waals surface area (Å²) in [6.07, 6.45) is 6.44. The van der Waals surface area contributed by atoms with Crippen LogP contribution in [0.5, 0.6) is 5.75 Å². The van der Waals surface area contributed by atoms with Gasteiger partial charge in [-0.2, -0.15) is 0 Å². The first kappa shape index (κ1) is 15.4. The van der Waals surface area contributed by atoms with Gasteiger partial charge in [0.25, 0.3) is 0 Å². The van der Waals surface area contributed by atoms with Gasteiger partial charge in [-0.1, -0.05) is 32.0 Å². The zero-order valence-electron chi connectivity index (χ0n) is 13.0. The second-order valence-corrected chi connectivity index (χ2v) is 6.19. The summed E-state index contributed by atoms with van der Waals surface area (Å²) < 4.78 is 5.87. The van der Waals surface area contributed by atoms with Gasteiger partial charge in [0.1, 0.15) is 5.75 Å². The van der Waals surface area contributed by atoms with Crippen LogP contribution in [-0.4, -0.2) is 19.2 Å². The molecule has 1 aliphatic rings. The highest BCUT2D eigenvalue weighted by atomic mass is 16.5. The third kappa shape index (κ3) is 4.82. The van der Waals surface area contributed by atoms with Gasteiger partial charge in [-0.3, -0.25) is 0 Å². The lowest BCUT2D eigenvalue weighted by atomic mass is 9.77. The van der Waals surface area contributed by atoms with Crippen molar-refractivity contribution in [3.05, 3.63) is 30.3 Å². The minimum absolute atomic E-state index is 0.700. The summed E-state index contributed by atoms with van der Waals surface area (Å²) in [5.74, 6) is 2.64. The predicted molar refractivity (Wildman–Crippen MR) is 85.1 cm³/mol. The molecule has 2 heteroatoms. The minimum atomic E-state index is 0.700. The Balaban J connectivity index is 1.78. The number of hydrogen-bond donors (Lipinski definition) is 1. The van der Waals surface area contributed by atoms with Crippen molar-refractivity contribution in [3.8, 4) is 5.75 Å². The van der Waals surface area contributed by atoms with Crippen LogP contribution >= 0.6 is 0 Å². The van der Waals surface area contributed by atoms with Crippen LogP contribution < -0.4 is 10.1 Å². The molecule has 1 fully saturated rings. The van der Waals surface area contributed by atoms with Crippen LogP contribution in [0.15, 0.2) is 30.3 Å². The monoisotopic (exact) mass is 275 g/mol. The van der Waals surface area contributed by atoms with Crippen molar-refractivity contribution < 1.29 is 4.74 Å². The van der Waals surface area contributed by atoms with E-state index in [4.69, 9.17) is 4.74 Å². The Morgan fingerprint density at radius 1 is 1.20 bits per heavy atom. The number of para-hydroxylation sites is 1. The van der Waals surface area contributed by atoms with Gasteiger partial charge in [0.2, 0.25) is 0 Å². The molecule has 0 saturated heterocycles. The number of nitrogens with one attached hydrogen (secondary N) is 1. The molecular weight excluding hydrogens is 246 g/mol. The summed E-state index contributed by atoms with van der Waals surface area (Å²) in [6.45, 7) is 6.62. The van der Waals surface area contributed by atoms with Gasteiger partial charge in [-0.15, -0.1) is 0 Å². The van der Waals surface area contributed by atoms with Crippen LogP contribution in [-0.2, 0) is 0 Å². The van der Waals surface area contributed by atoms with Gasteiger partial charge < -0.3 is 10.1 Å². The Morgan fingerprint density at radius 2 is 2.00 bits per heavy atom. The topological polar surface area (TPSA) is 21.3 Å². The van der Waals surface area contributed by atoms with E-state index in [2.05, 4.69) is 19.2 Å². The fourth-order valence-electron chi connectivity index (χ4n) is 3.26. The number of benzene rings is 1. The maximum absolute atomic E-state index is 5.87. The van der Waals surface area contributed by atoms with E-state index in [1.807, 2.05) is 30.3 Å². The molecule has 0 aromatic heterocycles. The van der Waals surface area contributed by atoms with Gasteiger partial charge in [-0.05, 0) is 62.6 Å². The van der Waals surface area contributed by atoms with Crippen LogP contribution in [0.25, 0.3) is 0 Å². The summed E-state index contributed by atoms with van der Waals surface area (Å²) in [5.41, 5.74) is 0. The van der Waals surface area contributed by atoms with Gasteiger partial charge in [0.05, 0.1) is 6.61 Å². The minimum Gasteiger partial charge on any atom is -0.494 e. The Kier molecular flexibility index (Phi) is 6.38. The first-order chi connectivity index (χ1) is 9.79. The van der Waals surface area contributed by atoms with E-state index in [0.29, 0.717) is 6.04 Å². The van der Waals surface area contributed by atoms with Crippen molar-refractivity contribution in [1.82, 2.24) is 5.32 Å². The maximum Gasteiger partial charge on any atom is 0.119 e. The lowest BCUT2D eigenvalue weighted by molar-refractivity contribution is 0.173. The average molecular weight is 275 g/mol. The molecule has 0 heterocycles. The van der Waals surface area contributed by atoms with E-state index in [0.717, 1.165) is 30.7 Å². The number of rotatable bonds is 7. The summed E-state index contributed by atoms with van der Waals surface area (Å²) in [7, 11) is 0. The third-order valence-corrected chi connectivity index (χ3v) is 4.40.